The minimum atomic E-state index is -2.43. The zero-order valence-corrected chi connectivity index (χ0v) is 11.5. The van der Waals surface area contributed by atoms with Crippen LogP contribution in [0.25, 0.3) is 0 Å². The van der Waals surface area contributed by atoms with Crippen molar-refractivity contribution in [3.63, 3.8) is 0 Å². The monoisotopic (exact) mass is 237 g/mol. The first-order valence-electron chi connectivity index (χ1n) is 3.78. The summed E-state index contributed by atoms with van der Waals surface area (Å²) in [5.41, 5.74) is 0.569. The van der Waals surface area contributed by atoms with Gasteiger partial charge in [-0.05, 0) is 36.6 Å². The van der Waals surface area contributed by atoms with E-state index in [2.05, 4.69) is 0 Å². The summed E-state index contributed by atoms with van der Waals surface area (Å²) in [6, 6.07) is 2.76. The van der Waals surface area contributed by atoms with E-state index in [9.17, 15) is 18.9 Å². The van der Waals surface area contributed by atoms with Gasteiger partial charge in [-0.1, -0.05) is 0 Å². The van der Waals surface area contributed by atoms with E-state index >= 15 is 0 Å². The molecule has 7 heteroatoms. The molecule has 0 aliphatic heterocycles. The zero-order chi connectivity index (χ0) is 10.9. The maximum atomic E-state index is 10.7. The van der Waals surface area contributed by atoms with Crippen molar-refractivity contribution in [3.8, 4) is 0 Å². The van der Waals surface area contributed by atoms with E-state index in [1.165, 1.54) is 19.1 Å². The Morgan fingerprint density at radius 1 is 1.33 bits per heavy atom. The minimum absolute atomic E-state index is 0. The van der Waals surface area contributed by atoms with Crippen LogP contribution in [0.1, 0.15) is 11.1 Å². The van der Waals surface area contributed by atoms with E-state index in [4.69, 9.17) is 0 Å². The van der Waals surface area contributed by atoms with Gasteiger partial charge >= 0.3 is 29.6 Å². The Kier molecular flexibility index (Phi) is 5.61. The number of nitrogens with zero attached hydrogens (tertiary/aromatic N) is 1. The third-order valence-corrected chi connectivity index (χ3v) is 2.64. The summed E-state index contributed by atoms with van der Waals surface area (Å²) in [6.45, 7) is 3.03. The van der Waals surface area contributed by atoms with Gasteiger partial charge < -0.3 is 4.55 Å². The fraction of sp³-hybridized carbons (Fsp3) is 0.250. The van der Waals surface area contributed by atoms with E-state index in [0.29, 0.717) is 5.56 Å². The van der Waals surface area contributed by atoms with Crippen molar-refractivity contribution in [1.82, 2.24) is 0 Å². The predicted molar refractivity (Wildman–Crippen MR) is 49.8 cm³/mol. The first-order chi connectivity index (χ1) is 6.43. The fourth-order valence-corrected chi connectivity index (χ4v) is 1.81. The quantitative estimate of drug-likeness (QED) is 0.270. The molecule has 0 spiro atoms. The molecule has 0 radical (unpaired) electrons. The second-order valence-electron chi connectivity index (χ2n) is 2.90. The normalized spacial score (nSPS) is 11.7. The molecule has 1 unspecified atom stereocenters. The molecule has 0 heterocycles. The first-order valence-corrected chi connectivity index (χ1v) is 4.86. The molecule has 0 fully saturated rings. The van der Waals surface area contributed by atoms with Crippen LogP contribution >= 0.6 is 0 Å². The number of nitro benzene ring substituents is 1. The first kappa shape index (κ1) is 14.7. The summed E-state index contributed by atoms with van der Waals surface area (Å²) in [4.78, 5) is 9.95. The zero-order valence-electron chi connectivity index (χ0n) is 8.64. The maximum Gasteiger partial charge on any atom is 1.00 e. The Morgan fingerprint density at radius 2 is 1.87 bits per heavy atom. The third-order valence-electron chi connectivity index (χ3n) is 1.85. The number of hydrogen-bond donors (Lipinski definition) is 0. The Labute approximate surface area is 112 Å². The second kappa shape index (κ2) is 5.72. The molecule has 0 saturated heterocycles. The third kappa shape index (κ3) is 3.35. The summed E-state index contributed by atoms with van der Waals surface area (Å²) in [5, 5.41) is 10.6. The van der Waals surface area contributed by atoms with Crippen molar-refractivity contribution < 1.29 is 43.2 Å². The van der Waals surface area contributed by atoms with Gasteiger partial charge in [-0.3, -0.25) is 14.3 Å². The van der Waals surface area contributed by atoms with Crippen molar-refractivity contribution in [2.45, 2.75) is 18.7 Å². The van der Waals surface area contributed by atoms with Gasteiger partial charge in [-0.2, -0.15) is 0 Å². The van der Waals surface area contributed by atoms with Crippen molar-refractivity contribution in [2.24, 2.45) is 0 Å². The van der Waals surface area contributed by atoms with Gasteiger partial charge in [0.15, 0.2) is 0 Å². The molecule has 0 amide bonds. The average molecular weight is 237 g/mol. The molecule has 15 heavy (non-hydrogen) atoms. The van der Waals surface area contributed by atoms with Crippen molar-refractivity contribution >= 4 is 16.8 Å². The molecule has 1 rings (SSSR count). The van der Waals surface area contributed by atoms with Crippen LogP contribution in [0.4, 0.5) is 5.69 Å². The molecule has 1 atom stereocenters. The standard InChI is InChI=1S/C8H9NO4S.Na/c1-5-3-7(9(10)11)6(2)8(4-5)14(12)13;/h3-4H,1-2H3,(H,12,13);/q;+1/p-1. The molecule has 0 aromatic heterocycles. The number of nitro groups is 1. The Morgan fingerprint density at radius 3 is 2.27 bits per heavy atom. The average Bonchev–Trinajstić information content (AvgIpc) is 2.07. The molecule has 0 saturated carbocycles. The van der Waals surface area contributed by atoms with Crippen molar-refractivity contribution in [1.29, 1.82) is 0 Å². The predicted octanol–water partition coefficient (Wildman–Crippen LogP) is -1.55. The van der Waals surface area contributed by atoms with Crippen LogP contribution in [-0.2, 0) is 11.1 Å². The van der Waals surface area contributed by atoms with Gasteiger partial charge in [0.05, 0.1) is 4.92 Å². The van der Waals surface area contributed by atoms with Crippen molar-refractivity contribution in [2.75, 3.05) is 0 Å². The van der Waals surface area contributed by atoms with E-state index in [0.717, 1.165) is 0 Å². The molecule has 0 N–H and O–H groups in total. The van der Waals surface area contributed by atoms with Crippen molar-refractivity contribution in [3.05, 3.63) is 33.4 Å². The molecule has 0 aliphatic rings. The van der Waals surface area contributed by atoms with Crippen LogP contribution in [0.5, 0.6) is 0 Å². The van der Waals surface area contributed by atoms with Gasteiger partial charge in [0.25, 0.3) is 5.69 Å². The Bertz CT molecular complexity index is 386. The summed E-state index contributed by atoms with van der Waals surface area (Å²) in [6.07, 6.45) is 0. The molecule has 1 aromatic rings. The van der Waals surface area contributed by atoms with Gasteiger partial charge in [0, 0.05) is 16.5 Å². The van der Waals surface area contributed by atoms with Crippen LogP contribution in [0, 0.1) is 24.0 Å². The molecule has 0 aliphatic carbocycles. The van der Waals surface area contributed by atoms with Gasteiger partial charge in [0.1, 0.15) is 0 Å². The van der Waals surface area contributed by atoms with Crippen LogP contribution in [-0.4, -0.2) is 13.7 Å². The summed E-state index contributed by atoms with van der Waals surface area (Å²) < 4.78 is 21.5. The molecular formula is C8H8NNaO4S. The van der Waals surface area contributed by atoms with Crippen LogP contribution in [0.3, 0.4) is 0 Å². The fourth-order valence-electron chi connectivity index (χ4n) is 1.17. The Balaban J connectivity index is 0.00000196. The molecule has 1 aromatic carbocycles. The van der Waals surface area contributed by atoms with Gasteiger partial charge in [-0.15, -0.1) is 0 Å². The van der Waals surface area contributed by atoms with Crippen LogP contribution < -0.4 is 29.6 Å². The topological polar surface area (TPSA) is 83.3 Å². The Hall–Kier alpha value is -0.270. The van der Waals surface area contributed by atoms with E-state index < -0.39 is 16.0 Å². The summed E-state index contributed by atoms with van der Waals surface area (Å²) >= 11 is -2.43. The molecule has 0 bridgehead atoms. The van der Waals surface area contributed by atoms with E-state index in [1.54, 1.807) is 6.92 Å². The molecule has 5 nitrogen and oxygen atoms in total. The molecule has 76 valence electrons. The van der Waals surface area contributed by atoms with Gasteiger partial charge in [0.2, 0.25) is 0 Å². The smallest absolute Gasteiger partial charge is 0.768 e. The number of benzene rings is 1. The molecular weight excluding hydrogens is 229 g/mol. The van der Waals surface area contributed by atoms with Gasteiger partial charge in [-0.25, -0.2) is 0 Å². The van der Waals surface area contributed by atoms with E-state index in [-0.39, 0.29) is 45.7 Å². The number of hydrogen-bond acceptors (Lipinski definition) is 4. The second-order valence-corrected chi connectivity index (χ2v) is 3.81. The summed E-state index contributed by atoms with van der Waals surface area (Å²) in [7, 11) is 0. The number of aryl methyl sites for hydroxylation is 1. The largest absolute Gasteiger partial charge is 1.00 e. The minimum Gasteiger partial charge on any atom is -0.768 e. The van der Waals surface area contributed by atoms with Crippen LogP contribution in [0.2, 0.25) is 0 Å². The van der Waals surface area contributed by atoms with E-state index in [1.807, 2.05) is 0 Å². The maximum absolute atomic E-state index is 10.7. The SMILES string of the molecule is Cc1cc([N+](=O)[O-])c(C)c(S(=O)[O-])c1.[Na+]. The summed E-state index contributed by atoms with van der Waals surface area (Å²) in [5.74, 6) is 0. The number of rotatable bonds is 2. The van der Waals surface area contributed by atoms with Crippen LogP contribution in [0.15, 0.2) is 17.0 Å².